The average molecular weight is 246 g/mol. The van der Waals surface area contributed by atoms with Gasteiger partial charge in [-0.25, -0.2) is 0 Å². The zero-order chi connectivity index (χ0) is 13.3. The standard InChI is InChI=1S/C12H22O5/c1-9(2)17-12(15)8-10(13)6-4-5-7-11(14)16-3/h9-10,13H,4-8H2,1-3H3/t10-/m1/s1. The number of aliphatic hydroxyl groups is 1. The van der Waals surface area contributed by atoms with Crippen LogP contribution in [0.5, 0.6) is 0 Å². The molecule has 5 nitrogen and oxygen atoms in total. The van der Waals surface area contributed by atoms with Crippen molar-refractivity contribution in [1.29, 1.82) is 0 Å². The third-order valence-electron chi connectivity index (χ3n) is 2.17. The molecule has 0 unspecified atom stereocenters. The minimum absolute atomic E-state index is 0.0103. The SMILES string of the molecule is COC(=O)CCCC[C@@H](O)CC(=O)OC(C)C. The van der Waals surface area contributed by atoms with E-state index in [0.29, 0.717) is 25.7 Å². The number of carbonyl (C=O) groups excluding carboxylic acids is 2. The van der Waals surface area contributed by atoms with Crippen molar-refractivity contribution in [3.05, 3.63) is 0 Å². The van der Waals surface area contributed by atoms with Gasteiger partial charge in [0.2, 0.25) is 0 Å². The van der Waals surface area contributed by atoms with Gasteiger partial charge >= 0.3 is 11.9 Å². The second kappa shape index (κ2) is 8.98. The van der Waals surface area contributed by atoms with E-state index in [0.717, 1.165) is 0 Å². The first-order valence-electron chi connectivity index (χ1n) is 5.90. The van der Waals surface area contributed by atoms with E-state index >= 15 is 0 Å². The highest BCUT2D eigenvalue weighted by molar-refractivity contribution is 5.70. The normalized spacial score (nSPS) is 12.3. The topological polar surface area (TPSA) is 72.8 Å². The Morgan fingerprint density at radius 2 is 1.82 bits per heavy atom. The number of ether oxygens (including phenoxy) is 2. The molecule has 0 aromatic rings. The van der Waals surface area contributed by atoms with Crippen LogP contribution in [0.1, 0.15) is 46.0 Å². The molecule has 5 heteroatoms. The summed E-state index contributed by atoms with van der Waals surface area (Å²) >= 11 is 0. The zero-order valence-corrected chi connectivity index (χ0v) is 10.8. The van der Waals surface area contributed by atoms with E-state index in [9.17, 15) is 14.7 Å². The van der Waals surface area contributed by atoms with Crippen molar-refractivity contribution in [2.24, 2.45) is 0 Å². The van der Waals surface area contributed by atoms with E-state index in [1.807, 2.05) is 0 Å². The lowest BCUT2D eigenvalue weighted by Gasteiger charge is -2.11. The number of hydrogen-bond donors (Lipinski definition) is 1. The van der Waals surface area contributed by atoms with Gasteiger partial charge in [0.05, 0.1) is 25.7 Å². The van der Waals surface area contributed by atoms with Gasteiger partial charge < -0.3 is 14.6 Å². The van der Waals surface area contributed by atoms with Crippen molar-refractivity contribution in [3.8, 4) is 0 Å². The number of esters is 2. The minimum Gasteiger partial charge on any atom is -0.469 e. The molecule has 0 spiro atoms. The first kappa shape index (κ1) is 15.9. The molecule has 1 atom stereocenters. The highest BCUT2D eigenvalue weighted by Crippen LogP contribution is 2.08. The van der Waals surface area contributed by atoms with Gasteiger partial charge in [0, 0.05) is 6.42 Å². The van der Waals surface area contributed by atoms with Gasteiger partial charge in [0.15, 0.2) is 0 Å². The van der Waals surface area contributed by atoms with Crippen molar-refractivity contribution in [3.63, 3.8) is 0 Å². The molecule has 0 aromatic carbocycles. The van der Waals surface area contributed by atoms with Crippen LogP contribution in [0.15, 0.2) is 0 Å². The van der Waals surface area contributed by atoms with E-state index in [4.69, 9.17) is 4.74 Å². The zero-order valence-electron chi connectivity index (χ0n) is 10.8. The molecule has 0 fully saturated rings. The Balaban J connectivity index is 3.55. The Morgan fingerprint density at radius 3 is 2.35 bits per heavy atom. The lowest BCUT2D eigenvalue weighted by molar-refractivity contribution is -0.149. The Morgan fingerprint density at radius 1 is 1.18 bits per heavy atom. The fourth-order valence-corrected chi connectivity index (χ4v) is 1.36. The van der Waals surface area contributed by atoms with E-state index in [1.165, 1.54) is 7.11 Å². The van der Waals surface area contributed by atoms with Gasteiger partial charge in [-0.2, -0.15) is 0 Å². The van der Waals surface area contributed by atoms with Crippen molar-refractivity contribution >= 4 is 11.9 Å². The molecule has 100 valence electrons. The second-order valence-electron chi connectivity index (χ2n) is 4.22. The predicted molar refractivity (Wildman–Crippen MR) is 62.3 cm³/mol. The molecular formula is C12H22O5. The summed E-state index contributed by atoms with van der Waals surface area (Å²) in [6.45, 7) is 3.53. The monoisotopic (exact) mass is 246 g/mol. The van der Waals surface area contributed by atoms with Crippen molar-refractivity contribution < 1.29 is 24.2 Å². The largest absolute Gasteiger partial charge is 0.469 e. The fraction of sp³-hybridized carbons (Fsp3) is 0.833. The summed E-state index contributed by atoms with van der Waals surface area (Å²) in [4.78, 5) is 22.0. The third kappa shape index (κ3) is 9.81. The van der Waals surface area contributed by atoms with Gasteiger partial charge in [-0.1, -0.05) is 6.42 Å². The quantitative estimate of drug-likeness (QED) is 0.518. The Kier molecular flexibility index (Phi) is 8.40. The summed E-state index contributed by atoms with van der Waals surface area (Å²) in [6, 6.07) is 0. The Bertz CT molecular complexity index is 237. The number of rotatable bonds is 8. The van der Waals surface area contributed by atoms with Crippen LogP contribution in [0.4, 0.5) is 0 Å². The fourth-order valence-electron chi connectivity index (χ4n) is 1.36. The molecule has 0 aromatic heterocycles. The minimum atomic E-state index is -0.695. The molecular weight excluding hydrogens is 224 g/mol. The summed E-state index contributed by atoms with van der Waals surface area (Å²) in [5.74, 6) is -0.640. The van der Waals surface area contributed by atoms with Gasteiger partial charge in [-0.3, -0.25) is 9.59 Å². The molecule has 0 bridgehead atoms. The first-order chi connectivity index (χ1) is 7.95. The van der Waals surface area contributed by atoms with Crippen LogP contribution >= 0.6 is 0 Å². The van der Waals surface area contributed by atoms with Crippen molar-refractivity contribution in [1.82, 2.24) is 0 Å². The molecule has 17 heavy (non-hydrogen) atoms. The molecule has 0 aliphatic heterocycles. The van der Waals surface area contributed by atoms with E-state index in [-0.39, 0.29) is 24.5 Å². The van der Waals surface area contributed by atoms with Crippen LogP contribution in [0, 0.1) is 0 Å². The first-order valence-corrected chi connectivity index (χ1v) is 5.90. The van der Waals surface area contributed by atoms with Crippen LogP contribution in [-0.2, 0) is 19.1 Å². The van der Waals surface area contributed by atoms with Crippen LogP contribution < -0.4 is 0 Å². The molecule has 0 aliphatic carbocycles. The van der Waals surface area contributed by atoms with E-state index in [2.05, 4.69) is 4.74 Å². The smallest absolute Gasteiger partial charge is 0.308 e. The molecule has 0 rings (SSSR count). The van der Waals surface area contributed by atoms with E-state index in [1.54, 1.807) is 13.8 Å². The molecule has 0 saturated carbocycles. The number of carbonyl (C=O) groups is 2. The highest BCUT2D eigenvalue weighted by Gasteiger charge is 2.13. The maximum Gasteiger partial charge on any atom is 0.308 e. The van der Waals surface area contributed by atoms with Crippen molar-refractivity contribution in [2.75, 3.05) is 7.11 Å². The van der Waals surface area contributed by atoms with Gasteiger partial charge in [-0.05, 0) is 26.7 Å². The number of aliphatic hydroxyl groups excluding tert-OH is 1. The molecule has 0 heterocycles. The molecule has 0 amide bonds. The summed E-state index contributed by atoms with van der Waals surface area (Å²) in [5.41, 5.74) is 0. The predicted octanol–water partition coefficient (Wildman–Crippen LogP) is 1.42. The summed E-state index contributed by atoms with van der Waals surface area (Å²) in [6.07, 6.45) is 1.34. The van der Waals surface area contributed by atoms with Crippen LogP contribution in [0.2, 0.25) is 0 Å². The Hall–Kier alpha value is -1.10. The van der Waals surface area contributed by atoms with E-state index < -0.39 is 6.10 Å². The number of hydrogen-bond acceptors (Lipinski definition) is 5. The molecule has 0 saturated heterocycles. The summed E-state index contributed by atoms with van der Waals surface area (Å²) in [5, 5.41) is 9.54. The van der Waals surface area contributed by atoms with Crippen LogP contribution in [0.3, 0.4) is 0 Å². The molecule has 0 radical (unpaired) electrons. The second-order valence-corrected chi connectivity index (χ2v) is 4.22. The molecule has 1 N–H and O–H groups in total. The lowest BCUT2D eigenvalue weighted by Crippen LogP contribution is -2.18. The lowest BCUT2D eigenvalue weighted by atomic mass is 10.1. The van der Waals surface area contributed by atoms with Gasteiger partial charge in [-0.15, -0.1) is 0 Å². The van der Waals surface area contributed by atoms with Gasteiger partial charge in [0.1, 0.15) is 0 Å². The molecule has 0 aliphatic rings. The third-order valence-corrected chi connectivity index (χ3v) is 2.17. The maximum atomic E-state index is 11.2. The van der Waals surface area contributed by atoms with Crippen LogP contribution in [-0.4, -0.2) is 36.4 Å². The van der Waals surface area contributed by atoms with Crippen molar-refractivity contribution in [2.45, 2.75) is 58.2 Å². The summed E-state index contributed by atoms with van der Waals surface area (Å²) in [7, 11) is 1.35. The number of methoxy groups -OCH3 is 1. The number of unbranched alkanes of at least 4 members (excludes halogenated alkanes) is 1. The van der Waals surface area contributed by atoms with Crippen LogP contribution in [0.25, 0.3) is 0 Å². The average Bonchev–Trinajstić information content (AvgIpc) is 2.22. The maximum absolute atomic E-state index is 11.2. The highest BCUT2D eigenvalue weighted by atomic mass is 16.5. The Labute approximate surface area is 102 Å². The summed E-state index contributed by atoms with van der Waals surface area (Å²) < 4.78 is 9.40. The van der Waals surface area contributed by atoms with Gasteiger partial charge in [0.25, 0.3) is 0 Å².